The first-order valence-electron chi connectivity index (χ1n) is 6.29. The molecule has 0 saturated heterocycles. The molecule has 2 unspecified atom stereocenters. The zero-order valence-corrected chi connectivity index (χ0v) is 13.0. The minimum Gasteiger partial charge on any atom is -0.465 e. The molecule has 0 aliphatic heterocycles. The van der Waals surface area contributed by atoms with E-state index >= 15 is 0 Å². The highest BCUT2D eigenvalue weighted by molar-refractivity contribution is 7.99. The van der Waals surface area contributed by atoms with Crippen LogP contribution in [0.1, 0.15) is 27.2 Å². The van der Waals surface area contributed by atoms with Crippen LogP contribution in [0.2, 0.25) is 0 Å². The van der Waals surface area contributed by atoms with E-state index in [1.165, 1.54) is 6.33 Å². The molecule has 0 saturated carbocycles. The Morgan fingerprint density at radius 3 is 2.84 bits per heavy atom. The number of nitrogens with zero attached hydrogens (tertiary/aromatic N) is 3. The maximum absolute atomic E-state index is 12.0. The first-order chi connectivity index (χ1) is 8.92. The predicted molar refractivity (Wildman–Crippen MR) is 75.0 cm³/mol. The van der Waals surface area contributed by atoms with Gasteiger partial charge < -0.3 is 10.1 Å². The van der Waals surface area contributed by atoms with Crippen LogP contribution in [0.5, 0.6) is 0 Å². The summed E-state index contributed by atoms with van der Waals surface area (Å²) in [5, 5.41) is 8.14. The SMILES string of the molecule is CCOC(=O)C(C)(CC(C)Sc1ncnn1C)NC. The molecule has 7 heteroatoms. The number of esters is 1. The van der Waals surface area contributed by atoms with Crippen molar-refractivity contribution in [3.63, 3.8) is 0 Å². The Hall–Kier alpha value is -1.08. The fourth-order valence-electron chi connectivity index (χ4n) is 1.77. The number of hydrogen-bond donors (Lipinski definition) is 1. The second kappa shape index (κ2) is 6.91. The van der Waals surface area contributed by atoms with E-state index in [0.29, 0.717) is 13.0 Å². The molecule has 0 bridgehead atoms. The molecule has 0 aliphatic carbocycles. The molecule has 0 fully saturated rings. The molecule has 1 aromatic rings. The third-order valence-corrected chi connectivity index (χ3v) is 4.10. The molecular weight excluding hydrogens is 264 g/mol. The zero-order valence-electron chi connectivity index (χ0n) is 12.1. The first-order valence-corrected chi connectivity index (χ1v) is 7.17. The molecule has 1 rings (SSSR count). The topological polar surface area (TPSA) is 69.0 Å². The lowest BCUT2D eigenvalue weighted by molar-refractivity contribution is -0.150. The van der Waals surface area contributed by atoms with Crippen LogP contribution in [0.3, 0.4) is 0 Å². The van der Waals surface area contributed by atoms with E-state index in [9.17, 15) is 4.79 Å². The number of ether oxygens (including phenoxy) is 1. The average molecular weight is 286 g/mol. The van der Waals surface area contributed by atoms with Gasteiger partial charge in [0, 0.05) is 12.3 Å². The van der Waals surface area contributed by atoms with Crippen LogP contribution in [0.25, 0.3) is 0 Å². The Bertz CT molecular complexity index is 424. The van der Waals surface area contributed by atoms with Crippen LogP contribution in [0.4, 0.5) is 0 Å². The Morgan fingerprint density at radius 2 is 2.37 bits per heavy atom. The minimum absolute atomic E-state index is 0.213. The van der Waals surface area contributed by atoms with Gasteiger partial charge in [-0.3, -0.25) is 4.79 Å². The maximum atomic E-state index is 12.0. The highest BCUT2D eigenvalue weighted by Gasteiger charge is 2.35. The van der Waals surface area contributed by atoms with E-state index in [1.54, 1.807) is 23.5 Å². The Labute approximate surface area is 118 Å². The summed E-state index contributed by atoms with van der Waals surface area (Å²) in [5.74, 6) is -0.220. The van der Waals surface area contributed by atoms with Crippen molar-refractivity contribution in [2.75, 3.05) is 13.7 Å². The normalized spacial score (nSPS) is 15.8. The number of aromatic nitrogens is 3. The number of nitrogens with one attached hydrogen (secondary N) is 1. The van der Waals surface area contributed by atoms with Gasteiger partial charge in [0.2, 0.25) is 0 Å². The highest BCUT2D eigenvalue weighted by atomic mass is 32.2. The molecule has 1 N–H and O–H groups in total. The van der Waals surface area contributed by atoms with Gasteiger partial charge in [0.25, 0.3) is 0 Å². The summed E-state index contributed by atoms with van der Waals surface area (Å²) < 4.78 is 6.84. The molecule has 108 valence electrons. The van der Waals surface area contributed by atoms with Crippen molar-refractivity contribution in [1.82, 2.24) is 20.1 Å². The predicted octanol–water partition coefficient (Wildman–Crippen LogP) is 1.23. The van der Waals surface area contributed by atoms with Crippen molar-refractivity contribution in [2.45, 2.75) is 43.1 Å². The molecule has 0 radical (unpaired) electrons. The summed E-state index contributed by atoms with van der Waals surface area (Å²) >= 11 is 1.60. The second-order valence-corrected chi connectivity index (χ2v) is 6.01. The van der Waals surface area contributed by atoms with Gasteiger partial charge in [-0.25, -0.2) is 9.67 Å². The molecule has 0 aliphatic rings. The van der Waals surface area contributed by atoms with Crippen LogP contribution in [-0.4, -0.2) is 45.2 Å². The van der Waals surface area contributed by atoms with Gasteiger partial charge in [-0.15, -0.1) is 0 Å². The monoisotopic (exact) mass is 286 g/mol. The van der Waals surface area contributed by atoms with E-state index in [-0.39, 0.29) is 11.2 Å². The Balaban J connectivity index is 2.65. The standard InChI is InChI=1S/C12H22N4O2S/c1-6-18-10(17)12(3,13-4)7-9(2)19-11-14-8-15-16(11)5/h8-9,13H,6-7H2,1-5H3. The van der Waals surface area contributed by atoms with Gasteiger partial charge in [0.15, 0.2) is 5.16 Å². The van der Waals surface area contributed by atoms with Crippen molar-refractivity contribution >= 4 is 17.7 Å². The van der Waals surface area contributed by atoms with E-state index in [4.69, 9.17) is 4.74 Å². The number of thioether (sulfide) groups is 1. The van der Waals surface area contributed by atoms with Gasteiger partial charge in [0.05, 0.1) is 6.61 Å². The summed E-state index contributed by atoms with van der Waals surface area (Å²) in [4.78, 5) is 16.1. The number of rotatable bonds is 7. The molecule has 0 amide bonds. The lowest BCUT2D eigenvalue weighted by Gasteiger charge is -2.29. The minimum atomic E-state index is -0.680. The van der Waals surface area contributed by atoms with Gasteiger partial charge in [-0.1, -0.05) is 18.7 Å². The van der Waals surface area contributed by atoms with Crippen LogP contribution < -0.4 is 5.32 Å². The van der Waals surface area contributed by atoms with E-state index in [0.717, 1.165) is 5.16 Å². The quantitative estimate of drug-likeness (QED) is 0.600. The highest BCUT2D eigenvalue weighted by Crippen LogP contribution is 2.27. The Morgan fingerprint density at radius 1 is 1.68 bits per heavy atom. The van der Waals surface area contributed by atoms with Crippen molar-refractivity contribution in [2.24, 2.45) is 7.05 Å². The molecule has 1 heterocycles. The molecule has 1 aromatic heterocycles. The number of hydrogen-bond acceptors (Lipinski definition) is 6. The van der Waals surface area contributed by atoms with Crippen LogP contribution in [0.15, 0.2) is 11.5 Å². The van der Waals surface area contributed by atoms with Crippen molar-refractivity contribution in [3.05, 3.63) is 6.33 Å². The zero-order chi connectivity index (χ0) is 14.5. The van der Waals surface area contributed by atoms with Crippen molar-refractivity contribution in [3.8, 4) is 0 Å². The fraction of sp³-hybridized carbons (Fsp3) is 0.750. The van der Waals surface area contributed by atoms with E-state index in [1.807, 2.05) is 20.9 Å². The summed E-state index contributed by atoms with van der Waals surface area (Å²) in [6.45, 7) is 6.12. The third kappa shape index (κ3) is 4.21. The van der Waals surface area contributed by atoms with E-state index < -0.39 is 5.54 Å². The summed E-state index contributed by atoms with van der Waals surface area (Å²) in [7, 11) is 3.63. The maximum Gasteiger partial charge on any atom is 0.326 e. The fourth-order valence-corrected chi connectivity index (χ4v) is 2.85. The number of carbonyl (C=O) groups excluding carboxylic acids is 1. The van der Waals surface area contributed by atoms with Gasteiger partial charge in [-0.05, 0) is 27.3 Å². The van der Waals surface area contributed by atoms with Crippen molar-refractivity contribution < 1.29 is 9.53 Å². The van der Waals surface area contributed by atoms with Gasteiger partial charge in [-0.2, -0.15) is 5.10 Å². The number of carbonyl (C=O) groups is 1. The molecule has 2 atom stereocenters. The number of aryl methyl sites for hydroxylation is 1. The van der Waals surface area contributed by atoms with Crippen LogP contribution in [-0.2, 0) is 16.6 Å². The van der Waals surface area contributed by atoms with Crippen LogP contribution in [0, 0.1) is 0 Å². The number of likely N-dealkylation sites (N-methyl/N-ethyl adjacent to an activating group) is 1. The second-order valence-electron chi connectivity index (χ2n) is 4.60. The van der Waals surface area contributed by atoms with Gasteiger partial charge >= 0.3 is 5.97 Å². The summed E-state index contributed by atoms with van der Waals surface area (Å²) in [6, 6.07) is 0. The Kier molecular flexibility index (Phi) is 5.81. The molecule has 0 aromatic carbocycles. The molecule has 19 heavy (non-hydrogen) atoms. The average Bonchev–Trinajstić information content (AvgIpc) is 2.75. The third-order valence-electron chi connectivity index (χ3n) is 2.95. The molecule has 6 nitrogen and oxygen atoms in total. The molecular formula is C12H22N4O2S. The summed E-state index contributed by atoms with van der Waals surface area (Å²) in [6.07, 6.45) is 2.18. The van der Waals surface area contributed by atoms with Gasteiger partial charge in [0.1, 0.15) is 11.9 Å². The first kappa shape index (κ1) is 16.0. The largest absolute Gasteiger partial charge is 0.465 e. The lowest BCUT2D eigenvalue weighted by Crippen LogP contribution is -2.50. The van der Waals surface area contributed by atoms with E-state index in [2.05, 4.69) is 22.3 Å². The molecule has 0 spiro atoms. The van der Waals surface area contributed by atoms with Crippen molar-refractivity contribution in [1.29, 1.82) is 0 Å². The lowest BCUT2D eigenvalue weighted by atomic mass is 9.96. The summed E-state index contributed by atoms with van der Waals surface area (Å²) in [5.41, 5.74) is -0.680. The van der Waals surface area contributed by atoms with Crippen LogP contribution >= 0.6 is 11.8 Å². The smallest absolute Gasteiger partial charge is 0.326 e.